The molecule has 1 aromatic heterocycles. The molecule has 1 aromatic carbocycles. The molecule has 2 aromatic rings. The predicted octanol–water partition coefficient (Wildman–Crippen LogP) is 3.11. The van der Waals surface area contributed by atoms with Crippen molar-refractivity contribution >= 4 is 28.8 Å². The number of carbonyl (C=O) groups excluding carboxylic acids is 1. The molecule has 1 fully saturated rings. The lowest BCUT2D eigenvalue weighted by atomic mass is 9.80. The number of nitrogens with one attached hydrogen (secondary N) is 1. The van der Waals surface area contributed by atoms with Crippen molar-refractivity contribution in [3.63, 3.8) is 0 Å². The van der Waals surface area contributed by atoms with E-state index in [-0.39, 0.29) is 5.91 Å². The Labute approximate surface area is 131 Å². The topological polar surface area (TPSA) is 62.2 Å². The summed E-state index contributed by atoms with van der Waals surface area (Å²) in [5.74, 6) is -0.203. The van der Waals surface area contributed by atoms with Gasteiger partial charge in [-0.3, -0.25) is 4.79 Å². The van der Waals surface area contributed by atoms with E-state index in [0.717, 1.165) is 24.8 Å². The second-order valence-corrected chi connectivity index (χ2v) is 6.71. The van der Waals surface area contributed by atoms with Gasteiger partial charge in [0.05, 0.1) is 16.8 Å². The van der Waals surface area contributed by atoms with Gasteiger partial charge in [-0.2, -0.15) is 0 Å². The highest BCUT2D eigenvalue weighted by Crippen LogP contribution is 2.32. The van der Waals surface area contributed by atoms with Gasteiger partial charge < -0.3 is 10.4 Å². The number of carbonyl (C=O) groups is 1. The van der Waals surface area contributed by atoms with Crippen LogP contribution in [0.15, 0.2) is 30.5 Å². The zero-order chi connectivity index (χ0) is 14.9. The van der Waals surface area contributed by atoms with E-state index in [1.807, 2.05) is 18.2 Å². The zero-order valence-corrected chi connectivity index (χ0v) is 12.9. The molecule has 1 amide bonds. The lowest BCUT2D eigenvalue weighted by Crippen LogP contribution is -2.47. The van der Waals surface area contributed by atoms with Crippen LogP contribution in [-0.2, 0) is 0 Å². The van der Waals surface area contributed by atoms with Gasteiger partial charge in [0, 0.05) is 12.1 Å². The summed E-state index contributed by atoms with van der Waals surface area (Å²) in [5.41, 5.74) is 0.104. The predicted molar refractivity (Wildman–Crippen MR) is 83.7 cm³/mol. The number of hydrogen-bond donors (Lipinski definition) is 2. The van der Waals surface area contributed by atoms with Gasteiger partial charge in [-0.1, -0.05) is 29.8 Å². The van der Waals surface area contributed by atoms with Gasteiger partial charge in [0.25, 0.3) is 5.91 Å². The number of aromatic nitrogens is 1. The van der Waals surface area contributed by atoms with Gasteiger partial charge in [0.2, 0.25) is 0 Å². The van der Waals surface area contributed by atoms with Crippen molar-refractivity contribution in [2.24, 2.45) is 0 Å². The summed E-state index contributed by atoms with van der Waals surface area (Å²) in [6.07, 6.45) is 4.06. The van der Waals surface area contributed by atoms with E-state index < -0.39 is 5.60 Å². The first-order chi connectivity index (χ1) is 10.1. The molecule has 0 atom stereocenters. The summed E-state index contributed by atoms with van der Waals surface area (Å²) < 4.78 is 0. The van der Waals surface area contributed by atoms with Crippen LogP contribution in [0.2, 0.25) is 5.02 Å². The van der Waals surface area contributed by atoms with Crippen LogP contribution in [-0.4, -0.2) is 28.1 Å². The van der Waals surface area contributed by atoms with Crippen molar-refractivity contribution in [2.45, 2.75) is 24.9 Å². The summed E-state index contributed by atoms with van der Waals surface area (Å²) in [6, 6.07) is 7.41. The van der Waals surface area contributed by atoms with Crippen molar-refractivity contribution in [1.82, 2.24) is 10.3 Å². The van der Waals surface area contributed by atoms with Crippen LogP contribution in [0.1, 0.15) is 28.9 Å². The van der Waals surface area contributed by atoms with E-state index in [1.54, 1.807) is 12.3 Å². The minimum Gasteiger partial charge on any atom is -0.388 e. The molecule has 0 radical (unpaired) electrons. The maximum Gasteiger partial charge on any atom is 0.263 e. The largest absolute Gasteiger partial charge is 0.388 e. The van der Waals surface area contributed by atoms with Crippen molar-refractivity contribution < 1.29 is 9.90 Å². The third-order valence-corrected chi connectivity index (χ3v) is 5.05. The standard InChI is InChI=1S/C15H15ClN2O2S/c16-11-5-2-1-4-10(11)14-17-8-12(21-14)13(19)18-9-15(20)6-3-7-15/h1-2,4-5,8,20H,3,6-7,9H2,(H,18,19). The fourth-order valence-corrected chi connectivity index (χ4v) is 3.39. The maximum atomic E-state index is 12.1. The molecule has 0 saturated heterocycles. The van der Waals surface area contributed by atoms with Crippen LogP contribution in [0, 0.1) is 0 Å². The van der Waals surface area contributed by atoms with E-state index >= 15 is 0 Å². The Bertz CT molecular complexity index is 667. The molecule has 0 spiro atoms. The number of amides is 1. The molecular weight excluding hydrogens is 308 g/mol. The van der Waals surface area contributed by atoms with Gasteiger partial charge in [-0.05, 0) is 25.3 Å². The smallest absolute Gasteiger partial charge is 0.263 e. The van der Waals surface area contributed by atoms with Crippen LogP contribution in [0.25, 0.3) is 10.6 Å². The van der Waals surface area contributed by atoms with Crippen LogP contribution in [0.3, 0.4) is 0 Å². The van der Waals surface area contributed by atoms with Crippen LogP contribution in [0.5, 0.6) is 0 Å². The summed E-state index contributed by atoms with van der Waals surface area (Å²) >= 11 is 7.42. The van der Waals surface area contributed by atoms with Gasteiger partial charge >= 0.3 is 0 Å². The molecule has 0 aliphatic heterocycles. The van der Waals surface area contributed by atoms with E-state index in [4.69, 9.17) is 11.6 Å². The number of hydrogen-bond acceptors (Lipinski definition) is 4. The van der Waals surface area contributed by atoms with Gasteiger partial charge in [-0.15, -0.1) is 11.3 Å². The molecule has 0 bridgehead atoms. The molecule has 1 aliphatic carbocycles. The lowest BCUT2D eigenvalue weighted by molar-refractivity contribution is -0.0300. The van der Waals surface area contributed by atoms with E-state index in [2.05, 4.69) is 10.3 Å². The number of halogens is 1. The highest BCUT2D eigenvalue weighted by molar-refractivity contribution is 7.17. The zero-order valence-electron chi connectivity index (χ0n) is 11.3. The molecule has 6 heteroatoms. The minimum atomic E-state index is -0.716. The average Bonchev–Trinajstić information content (AvgIpc) is 2.93. The quantitative estimate of drug-likeness (QED) is 0.909. The Kier molecular flexibility index (Phi) is 3.97. The molecule has 3 rings (SSSR count). The molecule has 1 aliphatic rings. The third kappa shape index (κ3) is 3.10. The first kappa shape index (κ1) is 14.5. The van der Waals surface area contributed by atoms with E-state index in [9.17, 15) is 9.90 Å². The first-order valence-corrected chi connectivity index (χ1v) is 7.98. The maximum absolute atomic E-state index is 12.1. The van der Waals surface area contributed by atoms with E-state index in [0.29, 0.717) is 21.5 Å². The minimum absolute atomic E-state index is 0.203. The van der Waals surface area contributed by atoms with Crippen molar-refractivity contribution in [3.05, 3.63) is 40.4 Å². The average molecular weight is 323 g/mol. The van der Waals surface area contributed by atoms with Gasteiger partial charge in [0.1, 0.15) is 9.88 Å². The Balaban J connectivity index is 1.70. The summed E-state index contributed by atoms with van der Waals surface area (Å²) in [5, 5.41) is 14.1. The molecule has 21 heavy (non-hydrogen) atoms. The van der Waals surface area contributed by atoms with E-state index in [1.165, 1.54) is 11.3 Å². The highest BCUT2D eigenvalue weighted by Gasteiger charge is 2.34. The SMILES string of the molecule is O=C(NCC1(O)CCC1)c1cnc(-c2ccccc2Cl)s1. The Hall–Kier alpha value is -1.43. The van der Waals surface area contributed by atoms with Gasteiger partial charge in [-0.25, -0.2) is 4.98 Å². The molecule has 1 heterocycles. The molecule has 110 valence electrons. The second kappa shape index (κ2) is 5.75. The van der Waals surface area contributed by atoms with Gasteiger partial charge in [0.15, 0.2) is 0 Å². The Morgan fingerprint density at radius 3 is 2.86 bits per heavy atom. The fourth-order valence-electron chi connectivity index (χ4n) is 2.23. The normalized spacial score (nSPS) is 16.3. The molecule has 0 unspecified atom stereocenters. The first-order valence-electron chi connectivity index (χ1n) is 6.79. The number of rotatable bonds is 4. The summed E-state index contributed by atoms with van der Waals surface area (Å²) in [7, 11) is 0. The van der Waals surface area contributed by atoms with Crippen molar-refractivity contribution in [1.29, 1.82) is 0 Å². The summed E-state index contributed by atoms with van der Waals surface area (Å²) in [6.45, 7) is 0.297. The van der Waals surface area contributed by atoms with Crippen molar-refractivity contribution in [2.75, 3.05) is 6.54 Å². The van der Waals surface area contributed by atoms with Crippen molar-refractivity contribution in [3.8, 4) is 10.6 Å². The second-order valence-electron chi connectivity index (χ2n) is 5.27. The Morgan fingerprint density at radius 1 is 1.43 bits per heavy atom. The number of thiazole rings is 1. The van der Waals surface area contributed by atoms with Crippen LogP contribution < -0.4 is 5.32 Å². The fraction of sp³-hybridized carbons (Fsp3) is 0.333. The number of nitrogens with zero attached hydrogens (tertiary/aromatic N) is 1. The number of benzene rings is 1. The monoisotopic (exact) mass is 322 g/mol. The molecular formula is C15H15ClN2O2S. The third-order valence-electron chi connectivity index (χ3n) is 3.70. The summed E-state index contributed by atoms with van der Waals surface area (Å²) in [4.78, 5) is 16.9. The lowest BCUT2D eigenvalue weighted by Gasteiger charge is -2.36. The van der Waals surface area contributed by atoms with Crippen LogP contribution in [0.4, 0.5) is 0 Å². The Morgan fingerprint density at radius 2 is 2.19 bits per heavy atom. The molecule has 2 N–H and O–H groups in total. The molecule has 4 nitrogen and oxygen atoms in total. The highest BCUT2D eigenvalue weighted by atomic mass is 35.5. The van der Waals surface area contributed by atoms with Crippen LogP contribution >= 0.6 is 22.9 Å². The molecule has 1 saturated carbocycles. The number of aliphatic hydroxyl groups is 1.